The number of halogens is 1. The lowest BCUT2D eigenvalue weighted by Crippen LogP contribution is -2.28. The third kappa shape index (κ3) is 4.48. The molecular weight excluding hydrogens is 456 g/mol. The summed E-state index contributed by atoms with van der Waals surface area (Å²) in [5.74, 6) is -0.0289. The van der Waals surface area contributed by atoms with E-state index >= 15 is 0 Å². The topological polar surface area (TPSA) is 79.6 Å². The number of hydrogen-bond acceptors (Lipinski definition) is 4. The summed E-state index contributed by atoms with van der Waals surface area (Å²) in [4.78, 5) is 12.6. The first-order valence-corrected chi connectivity index (χ1v) is 12.8. The van der Waals surface area contributed by atoms with Crippen molar-refractivity contribution in [2.75, 3.05) is 18.8 Å². The van der Waals surface area contributed by atoms with Gasteiger partial charge in [0.2, 0.25) is 10.0 Å². The largest absolute Gasteiger partial charge is 0.480 e. The summed E-state index contributed by atoms with van der Waals surface area (Å²) in [6.07, 6.45) is 2.49. The molecule has 164 valence electrons. The number of hydrogen-bond donors (Lipinski definition) is 1. The molecule has 6 nitrogen and oxygen atoms in total. The summed E-state index contributed by atoms with van der Waals surface area (Å²) in [5, 5.41) is 10.7. The fourth-order valence-electron chi connectivity index (χ4n) is 4.12. The molecule has 3 aromatic rings. The molecule has 1 aromatic heterocycles. The van der Waals surface area contributed by atoms with Crippen LogP contribution in [0, 0.1) is 0 Å². The number of benzene rings is 2. The van der Waals surface area contributed by atoms with Gasteiger partial charge in [0, 0.05) is 46.0 Å². The molecule has 0 radical (unpaired) electrons. The van der Waals surface area contributed by atoms with Crippen molar-refractivity contribution in [1.82, 2.24) is 8.87 Å². The van der Waals surface area contributed by atoms with Crippen LogP contribution in [0.25, 0.3) is 10.9 Å². The van der Waals surface area contributed by atoms with Gasteiger partial charge in [-0.05, 0) is 60.2 Å². The predicted molar refractivity (Wildman–Crippen MR) is 124 cm³/mol. The molecule has 31 heavy (non-hydrogen) atoms. The molecule has 2 heterocycles. The van der Waals surface area contributed by atoms with Gasteiger partial charge in [-0.15, -0.1) is 11.8 Å². The van der Waals surface area contributed by atoms with E-state index in [-0.39, 0.29) is 12.5 Å². The second-order valence-electron chi connectivity index (χ2n) is 7.52. The quantitative estimate of drug-likeness (QED) is 0.499. The molecular formula is C22H23ClN2O4S2. The number of aromatic nitrogens is 1. The average Bonchev–Trinajstić information content (AvgIpc) is 3.34. The van der Waals surface area contributed by atoms with Gasteiger partial charge in [-0.1, -0.05) is 18.5 Å². The lowest BCUT2D eigenvalue weighted by Gasteiger charge is -2.17. The predicted octanol–water partition coefficient (Wildman–Crippen LogP) is 4.67. The fourth-order valence-corrected chi connectivity index (χ4v) is 6.46. The molecule has 1 N–H and O–H groups in total. The normalized spacial score (nSPS) is 17.4. The molecule has 1 unspecified atom stereocenters. The Kier molecular flexibility index (Phi) is 6.35. The Morgan fingerprint density at radius 3 is 2.65 bits per heavy atom. The average molecular weight is 479 g/mol. The van der Waals surface area contributed by atoms with Crippen LogP contribution in [-0.2, 0) is 21.4 Å². The van der Waals surface area contributed by atoms with E-state index in [9.17, 15) is 18.3 Å². The highest BCUT2D eigenvalue weighted by atomic mass is 35.5. The molecule has 0 saturated carbocycles. The van der Waals surface area contributed by atoms with Crippen molar-refractivity contribution in [3.05, 3.63) is 59.2 Å². The van der Waals surface area contributed by atoms with E-state index in [4.69, 9.17) is 11.6 Å². The van der Waals surface area contributed by atoms with E-state index < -0.39 is 16.0 Å². The molecule has 1 aliphatic heterocycles. The van der Waals surface area contributed by atoms with Crippen molar-refractivity contribution in [2.24, 2.45) is 0 Å². The van der Waals surface area contributed by atoms with E-state index in [2.05, 4.69) is 6.92 Å². The van der Waals surface area contributed by atoms with Crippen molar-refractivity contribution >= 4 is 50.3 Å². The second kappa shape index (κ2) is 8.86. The maximum atomic E-state index is 13.2. The first-order valence-electron chi connectivity index (χ1n) is 10.0. The molecule has 1 saturated heterocycles. The van der Waals surface area contributed by atoms with Crippen LogP contribution in [0.3, 0.4) is 0 Å². The number of carbonyl (C=O) groups is 1. The highest BCUT2D eigenvalue weighted by Gasteiger charge is 2.34. The van der Waals surface area contributed by atoms with Crippen molar-refractivity contribution in [3.8, 4) is 0 Å². The Bertz CT molecular complexity index is 1220. The van der Waals surface area contributed by atoms with Gasteiger partial charge in [0.05, 0.1) is 4.90 Å². The van der Waals surface area contributed by atoms with Crippen LogP contribution < -0.4 is 0 Å². The lowest BCUT2D eigenvalue weighted by atomic mass is 9.98. The van der Waals surface area contributed by atoms with Crippen LogP contribution >= 0.6 is 23.4 Å². The monoisotopic (exact) mass is 478 g/mol. The molecule has 0 bridgehead atoms. The summed E-state index contributed by atoms with van der Waals surface area (Å²) >= 11 is 7.87. The minimum atomic E-state index is -3.59. The van der Waals surface area contributed by atoms with Gasteiger partial charge in [0.25, 0.3) is 0 Å². The number of fused-ring (bicyclic) bond motifs is 1. The smallest absolute Gasteiger partial charge is 0.323 e. The summed E-state index contributed by atoms with van der Waals surface area (Å²) in [5.41, 5.74) is 1.72. The Morgan fingerprint density at radius 1 is 1.23 bits per heavy atom. The minimum absolute atomic E-state index is 0.0271. The zero-order valence-corrected chi connectivity index (χ0v) is 19.4. The molecule has 0 amide bonds. The standard InChI is InChI=1S/C22H23ClN2O4S2/c1-2-30-17-4-6-18(7-5-17)31(28,29)25-10-9-15(12-25)20-13-24(14-22(26)27)21-8-3-16(23)11-19(20)21/h3-8,11,13,15H,2,9-10,12,14H2,1H3,(H,26,27). The Balaban J connectivity index is 1.62. The van der Waals surface area contributed by atoms with Crippen LogP contribution in [0.1, 0.15) is 24.8 Å². The van der Waals surface area contributed by atoms with Gasteiger partial charge < -0.3 is 9.67 Å². The van der Waals surface area contributed by atoms with Gasteiger partial charge in [-0.2, -0.15) is 4.31 Å². The number of carboxylic acids is 1. The Morgan fingerprint density at radius 2 is 1.97 bits per heavy atom. The zero-order valence-electron chi connectivity index (χ0n) is 17.0. The SMILES string of the molecule is CCSc1ccc(S(=O)(=O)N2CCC(c3cn(CC(=O)O)c4ccc(Cl)cc34)C2)cc1. The number of aliphatic carboxylic acids is 1. The van der Waals surface area contributed by atoms with E-state index in [0.717, 1.165) is 27.1 Å². The second-order valence-corrected chi connectivity index (χ2v) is 11.2. The molecule has 0 aliphatic carbocycles. The molecule has 0 spiro atoms. The Labute approximate surface area is 190 Å². The Hall–Kier alpha value is -2.00. The van der Waals surface area contributed by atoms with E-state index in [1.54, 1.807) is 34.5 Å². The number of nitrogens with zero attached hydrogens (tertiary/aromatic N) is 2. The number of thioether (sulfide) groups is 1. The number of carboxylic acid groups (broad SMARTS) is 1. The van der Waals surface area contributed by atoms with Gasteiger partial charge >= 0.3 is 5.97 Å². The van der Waals surface area contributed by atoms with Crippen molar-refractivity contribution in [3.63, 3.8) is 0 Å². The third-order valence-corrected chi connectivity index (χ3v) is 8.55. The van der Waals surface area contributed by atoms with E-state index in [0.29, 0.717) is 29.4 Å². The van der Waals surface area contributed by atoms with E-state index in [1.165, 1.54) is 4.31 Å². The molecule has 4 rings (SSSR count). The molecule has 1 fully saturated rings. The van der Waals surface area contributed by atoms with Gasteiger partial charge in [0.15, 0.2) is 0 Å². The maximum Gasteiger partial charge on any atom is 0.323 e. The van der Waals surface area contributed by atoms with Crippen molar-refractivity contribution in [2.45, 2.75) is 35.6 Å². The van der Waals surface area contributed by atoms with E-state index in [1.807, 2.05) is 30.5 Å². The number of rotatable bonds is 7. The molecule has 1 aliphatic rings. The van der Waals surface area contributed by atoms with Crippen molar-refractivity contribution < 1.29 is 18.3 Å². The first kappa shape index (κ1) is 22.2. The fraction of sp³-hybridized carbons (Fsp3) is 0.318. The highest BCUT2D eigenvalue weighted by Crippen LogP contribution is 2.37. The summed E-state index contributed by atoms with van der Waals surface area (Å²) in [7, 11) is -3.59. The minimum Gasteiger partial charge on any atom is -0.480 e. The number of sulfonamides is 1. The molecule has 2 aromatic carbocycles. The van der Waals surface area contributed by atoms with Gasteiger partial charge in [-0.25, -0.2) is 8.42 Å². The summed E-state index contributed by atoms with van der Waals surface area (Å²) < 4.78 is 29.5. The molecule has 9 heteroatoms. The molecule has 1 atom stereocenters. The third-order valence-electron chi connectivity index (χ3n) is 5.54. The van der Waals surface area contributed by atoms with Gasteiger partial charge in [-0.3, -0.25) is 4.79 Å². The van der Waals surface area contributed by atoms with Crippen LogP contribution in [0.15, 0.2) is 58.5 Å². The van der Waals surface area contributed by atoms with Crippen molar-refractivity contribution in [1.29, 1.82) is 0 Å². The lowest BCUT2D eigenvalue weighted by molar-refractivity contribution is -0.137. The van der Waals surface area contributed by atoms with Crippen LogP contribution in [0.4, 0.5) is 0 Å². The van der Waals surface area contributed by atoms with Crippen LogP contribution in [0.2, 0.25) is 5.02 Å². The first-order chi connectivity index (χ1) is 14.8. The summed E-state index contributed by atoms with van der Waals surface area (Å²) in [6, 6.07) is 12.4. The maximum absolute atomic E-state index is 13.2. The van der Waals surface area contributed by atoms with Crippen LogP contribution in [-0.4, -0.2) is 47.2 Å². The van der Waals surface area contributed by atoms with Crippen LogP contribution in [0.5, 0.6) is 0 Å². The zero-order chi connectivity index (χ0) is 22.2. The summed E-state index contributed by atoms with van der Waals surface area (Å²) in [6.45, 7) is 2.67. The highest BCUT2D eigenvalue weighted by molar-refractivity contribution is 7.99. The van der Waals surface area contributed by atoms with Gasteiger partial charge in [0.1, 0.15) is 6.54 Å².